The van der Waals surface area contributed by atoms with Gasteiger partial charge in [0.25, 0.3) is 0 Å². The number of nitrogens with one attached hydrogen (secondary N) is 1. The minimum Gasteiger partial charge on any atom is -0.331 e. The number of urea groups is 1. The highest BCUT2D eigenvalue weighted by molar-refractivity contribution is 7.88. The fourth-order valence-electron chi connectivity index (χ4n) is 0.605. The van der Waals surface area contributed by atoms with Crippen LogP contribution in [0.4, 0.5) is 4.79 Å². The molecule has 14 heavy (non-hydrogen) atoms. The molecule has 0 aromatic heterocycles. The van der Waals surface area contributed by atoms with Gasteiger partial charge < -0.3 is 5.32 Å². The first kappa shape index (κ1) is 13.6. The van der Waals surface area contributed by atoms with Crippen LogP contribution >= 0.6 is 0 Å². The number of hydrogen-bond acceptors (Lipinski definition) is 1. The molecule has 0 aromatic rings. The van der Waals surface area contributed by atoms with Crippen molar-refractivity contribution in [3.05, 3.63) is 0 Å². The molecule has 0 aliphatic heterocycles. The van der Waals surface area contributed by atoms with Gasteiger partial charge >= 0.3 is 6.03 Å². The predicted octanol–water partition coefficient (Wildman–Crippen LogP) is 2.72. The molecule has 4 heteroatoms. The summed E-state index contributed by atoms with van der Waals surface area (Å²) in [4.78, 5) is 11.4. The zero-order valence-electron chi connectivity index (χ0n) is 10.3. The lowest BCUT2D eigenvalue weighted by molar-refractivity contribution is 0.241. The molecule has 0 aliphatic carbocycles. The van der Waals surface area contributed by atoms with E-state index in [9.17, 15) is 4.79 Å². The maximum absolute atomic E-state index is 11.4. The van der Waals surface area contributed by atoms with E-state index >= 15 is 0 Å². The fraction of sp³-hybridized carbons (Fsp3) is 0.900. The van der Waals surface area contributed by atoms with Gasteiger partial charge in [0.2, 0.25) is 0 Å². The molecule has 0 heterocycles. The summed E-state index contributed by atoms with van der Waals surface area (Å²) in [5, 5.41) is 2.82. The average Bonchev–Trinajstić information content (AvgIpc) is 1.79. The van der Waals surface area contributed by atoms with Crippen molar-refractivity contribution in [3.63, 3.8) is 0 Å². The van der Waals surface area contributed by atoms with Crippen LogP contribution in [0.2, 0.25) is 0 Å². The highest BCUT2D eigenvalue weighted by Crippen LogP contribution is 2.12. The second-order valence-corrected chi connectivity index (χ2v) is 7.73. The molecule has 3 nitrogen and oxygen atoms in total. The molecular weight excluding hydrogens is 196 g/mol. The van der Waals surface area contributed by atoms with Crippen molar-refractivity contribution in [1.29, 1.82) is 0 Å². The summed E-state index contributed by atoms with van der Waals surface area (Å²) in [5.74, 6) is 0. The lowest BCUT2D eigenvalue weighted by Crippen LogP contribution is -2.39. The van der Waals surface area contributed by atoms with Gasteiger partial charge in [-0.25, -0.2) is 4.79 Å². The molecule has 0 saturated heterocycles. The minimum atomic E-state index is -0.239. The maximum Gasteiger partial charge on any atom is 0.347 e. The maximum atomic E-state index is 11.4. The van der Waals surface area contributed by atoms with Gasteiger partial charge in [0.15, 0.2) is 0 Å². The van der Waals surface area contributed by atoms with E-state index in [0.717, 1.165) is 0 Å². The Morgan fingerprint density at radius 3 is 1.86 bits per heavy atom. The van der Waals surface area contributed by atoms with E-state index in [1.54, 1.807) is 0 Å². The minimum absolute atomic E-state index is 0.0647. The summed E-state index contributed by atoms with van der Waals surface area (Å²) in [6.07, 6.45) is 1.99. The Labute approximate surface area is 89.8 Å². The van der Waals surface area contributed by atoms with E-state index in [4.69, 9.17) is 0 Å². The normalized spacial score (nSPS) is 15.4. The molecule has 1 unspecified atom stereocenters. The van der Waals surface area contributed by atoms with Crippen molar-refractivity contribution in [1.82, 2.24) is 5.32 Å². The Morgan fingerprint density at radius 2 is 1.57 bits per heavy atom. The topological polar surface area (TPSA) is 41.5 Å². The van der Waals surface area contributed by atoms with Crippen LogP contribution < -0.4 is 5.32 Å². The summed E-state index contributed by atoms with van der Waals surface area (Å²) in [5.41, 5.74) is -0.206. The van der Waals surface area contributed by atoms with Crippen LogP contribution in [0.25, 0.3) is 0 Å². The van der Waals surface area contributed by atoms with Crippen LogP contribution in [0.3, 0.4) is 0 Å². The molecule has 2 amide bonds. The number of amides is 2. The van der Waals surface area contributed by atoms with Crippen molar-refractivity contribution < 1.29 is 4.79 Å². The smallest absolute Gasteiger partial charge is 0.331 e. The fourth-order valence-corrected chi connectivity index (χ4v) is 1.17. The largest absolute Gasteiger partial charge is 0.347 e. The zero-order valence-corrected chi connectivity index (χ0v) is 11.1. The molecule has 84 valence electrons. The summed E-state index contributed by atoms with van der Waals surface area (Å²) in [6.45, 7) is 12.1. The Kier molecular flexibility index (Phi) is 4.31. The summed E-state index contributed by atoms with van der Waals surface area (Å²) >= 11 is 0. The van der Waals surface area contributed by atoms with Crippen molar-refractivity contribution in [2.24, 2.45) is 4.36 Å². The summed E-state index contributed by atoms with van der Waals surface area (Å²) < 4.78 is 4.18. The molecule has 0 rings (SSSR count). The molecular formula is C10H22N2OS. The van der Waals surface area contributed by atoms with Crippen LogP contribution in [0.1, 0.15) is 41.5 Å². The summed E-state index contributed by atoms with van der Waals surface area (Å²) in [6, 6.07) is -0.210. The van der Waals surface area contributed by atoms with Crippen LogP contribution in [-0.4, -0.2) is 22.6 Å². The lowest BCUT2D eigenvalue weighted by atomic mass is 10.1. The highest BCUT2D eigenvalue weighted by Gasteiger charge is 2.17. The van der Waals surface area contributed by atoms with Gasteiger partial charge in [-0.1, -0.05) is 31.5 Å². The van der Waals surface area contributed by atoms with Gasteiger partial charge in [0.05, 0.1) is 0 Å². The predicted molar refractivity (Wildman–Crippen MR) is 63.8 cm³/mol. The third kappa shape index (κ3) is 6.13. The Hall–Kier alpha value is -0.380. The van der Waals surface area contributed by atoms with E-state index in [0.29, 0.717) is 0 Å². The molecule has 0 aliphatic rings. The SMILES string of the molecule is CS(=NC(=O)NC(C)(C)C)C(C)(C)C. The summed E-state index contributed by atoms with van der Waals surface area (Å²) in [7, 11) is -0.239. The molecule has 1 atom stereocenters. The number of nitrogens with zero attached hydrogens (tertiary/aromatic N) is 1. The van der Waals surface area contributed by atoms with E-state index in [-0.39, 0.29) is 27.0 Å². The van der Waals surface area contributed by atoms with Crippen LogP contribution in [0.15, 0.2) is 4.36 Å². The van der Waals surface area contributed by atoms with Gasteiger partial charge in [0.1, 0.15) is 0 Å². The van der Waals surface area contributed by atoms with Crippen molar-refractivity contribution in [2.45, 2.75) is 51.8 Å². The van der Waals surface area contributed by atoms with Crippen LogP contribution in [0, 0.1) is 0 Å². The lowest BCUT2D eigenvalue weighted by Gasteiger charge is -2.22. The molecule has 0 saturated carbocycles. The zero-order chi connectivity index (χ0) is 11.6. The van der Waals surface area contributed by atoms with Gasteiger partial charge in [-0.3, -0.25) is 0 Å². The average molecular weight is 218 g/mol. The van der Waals surface area contributed by atoms with Gasteiger partial charge in [-0.05, 0) is 27.0 Å². The third-order valence-electron chi connectivity index (χ3n) is 1.59. The van der Waals surface area contributed by atoms with Gasteiger partial charge in [-0.15, -0.1) is 0 Å². The van der Waals surface area contributed by atoms with Crippen molar-refractivity contribution in [2.75, 3.05) is 6.26 Å². The molecule has 1 N–H and O–H groups in total. The number of carbonyl (C=O) groups excluding carboxylic acids is 1. The second kappa shape index (κ2) is 4.43. The van der Waals surface area contributed by atoms with Crippen LogP contribution in [0.5, 0.6) is 0 Å². The van der Waals surface area contributed by atoms with Crippen LogP contribution in [-0.2, 0) is 10.7 Å². The first-order chi connectivity index (χ1) is 6.02. The molecule has 0 aromatic carbocycles. The highest BCUT2D eigenvalue weighted by atomic mass is 32.2. The van der Waals surface area contributed by atoms with Gasteiger partial charge in [0, 0.05) is 10.3 Å². The van der Waals surface area contributed by atoms with Crippen molar-refractivity contribution >= 4 is 16.7 Å². The van der Waals surface area contributed by atoms with E-state index in [1.807, 2.05) is 27.0 Å². The first-order valence-electron chi connectivity index (χ1n) is 4.72. The first-order valence-corrected chi connectivity index (χ1v) is 6.31. The Balaban J connectivity index is 4.46. The second-order valence-electron chi connectivity index (χ2n) is 5.36. The molecule has 0 fully saturated rings. The third-order valence-corrected chi connectivity index (χ3v) is 3.80. The monoisotopic (exact) mass is 218 g/mol. The van der Waals surface area contributed by atoms with Crippen molar-refractivity contribution in [3.8, 4) is 0 Å². The number of hydrogen-bond donors (Lipinski definition) is 1. The van der Waals surface area contributed by atoms with E-state index in [1.165, 1.54) is 0 Å². The number of rotatable bonds is 0. The standard InChI is InChI=1S/C10H22N2OS/c1-9(2,3)11-8(13)12-14(7)10(4,5)6/h1-7H3,(H,11,13). The number of carbonyl (C=O) groups is 1. The van der Waals surface area contributed by atoms with Gasteiger partial charge in [-0.2, -0.15) is 4.36 Å². The Bertz CT molecular complexity index is 246. The van der Waals surface area contributed by atoms with E-state index < -0.39 is 0 Å². The molecule has 0 radical (unpaired) electrons. The Morgan fingerprint density at radius 1 is 1.14 bits per heavy atom. The molecule has 0 bridgehead atoms. The quantitative estimate of drug-likeness (QED) is 0.667. The van der Waals surface area contributed by atoms with E-state index in [2.05, 4.69) is 30.5 Å². The molecule has 0 spiro atoms.